The molecule has 3 rings (SSSR count). The van der Waals surface area contributed by atoms with Crippen LogP contribution in [-0.2, 0) is 11.2 Å². The number of methoxy groups -OCH3 is 1. The second-order valence-electron chi connectivity index (χ2n) is 7.96. The van der Waals surface area contributed by atoms with Gasteiger partial charge in [-0.15, -0.1) is 10.2 Å². The van der Waals surface area contributed by atoms with Crippen LogP contribution in [0.15, 0.2) is 48.0 Å². The summed E-state index contributed by atoms with van der Waals surface area (Å²) in [5, 5.41) is 21.1. The maximum Gasteiger partial charge on any atom is 0.268 e. The summed E-state index contributed by atoms with van der Waals surface area (Å²) >= 11 is 1.28. The third-order valence-electron chi connectivity index (χ3n) is 5.52. The van der Waals surface area contributed by atoms with Crippen LogP contribution < -0.4 is 19.5 Å². The Morgan fingerprint density at radius 2 is 1.86 bits per heavy atom. The van der Waals surface area contributed by atoms with E-state index in [0.717, 1.165) is 23.6 Å². The van der Waals surface area contributed by atoms with Gasteiger partial charge in [0.05, 0.1) is 7.11 Å². The Morgan fingerprint density at radius 3 is 2.50 bits per heavy atom. The lowest BCUT2D eigenvalue weighted by atomic mass is 9.99. The highest BCUT2D eigenvalue weighted by molar-refractivity contribution is 7.15. The largest absolute Gasteiger partial charge is 0.493 e. The lowest BCUT2D eigenvalue weighted by molar-refractivity contribution is -0.112. The number of rotatable bonds is 12. The summed E-state index contributed by atoms with van der Waals surface area (Å²) < 4.78 is 17.0. The summed E-state index contributed by atoms with van der Waals surface area (Å²) in [5.74, 6) is 1.78. The van der Waals surface area contributed by atoms with Gasteiger partial charge in [-0.05, 0) is 60.2 Å². The van der Waals surface area contributed by atoms with E-state index in [-0.39, 0.29) is 5.57 Å². The predicted molar refractivity (Wildman–Crippen MR) is 141 cm³/mol. The molecule has 1 atom stereocenters. The summed E-state index contributed by atoms with van der Waals surface area (Å²) in [7, 11) is 1.53. The number of anilines is 1. The van der Waals surface area contributed by atoms with Crippen LogP contribution in [0.4, 0.5) is 5.13 Å². The topological polar surface area (TPSA) is 106 Å². The van der Waals surface area contributed by atoms with Crippen molar-refractivity contribution < 1.29 is 19.0 Å². The molecule has 9 heteroatoms. The fourth-order valence-electron chi connectivity index (χ4n) is 3.26. The number of carbonyl (C=O) groups is 1. The van der Waals surface area contributed by atoms with Gasteiger partial charge in [-0.25, -0.2) is 0 Å². The van der Waals surface area contributed by atoms with E-state index in [1.807, 2.05) is 25.1 Å². The van der Waals surface area contributed by atoms with Crippen LogP contribution in [0.1, 0.15) is 49.2 Å². The van der Waals surface area contributed by atoms with Crippen molar-refractivity contribution in [2.45, 2.75) is 39.5 Å². The lowest BCUT2D eigenvalue weighted by Crippen LogP contribution is -2.13. The third-order valence-corrected chi connectivity index (χ3v) is 6.51. The van der Waals surface area contributed by atoms with E-state index < -0.39 is 5.91 Å². The molecule has 2 aromatic carbocycles. The molecule has 0 radical (unpaired) electrons. The van der Waals surface area contributed by atoms with Gasteiger partial charge in [0.15, 0.2) is 11.5 Å². The number of nitriles is 1. The van der Waals surface area contributed by atoms with E-state index in [0.29, 0.717) is 41.3 Å². The van der Waals surface area contributed by atoms with Gasteiger partial charge < -0.3 is 14.2 Å². The van der Waals surface area contributed by atoms with Crippen molar-refractivity contribution in [3.8, 4) is 23.3 Å². The van der Waals surface area contributed by atoms with Gasteiger partial charge in [0.1, 0.15) is 35.6 Å². The van der Waals surface area contributed by atoms with E-state index >= 15 is 0 Å². The average molecular weight is 507 g/mol. The second kappa shape index (κ2) is 13.3. The number of aromatic nitrogens is 2. The van der Waals surface area contributed by atoms with E-state index in [1.54, 1.807) is 18.2 Å². The molecule has 0 saturated carbocycles. The highest BCUT2D eigenvalue weighted by Crippen LogP contribution is 2.29. The molecule has 3 aromatic rings. The van der Waals surface area contributed by atoms with Crippen LogP contribution in [0, 0.1) is 11.3 Å². The molecule has 1 amide bonds. The molecule has 0 aliphatic rings. The highest BCUT2D eigenvalue weighted by atomic mass is 32.1. The van der Waals surface area contributed by atoms with E-state index in [9.17, 15) is 10.1 Å². The Labute approximate surface area is 215 Å². The quantitative estimate of drug-likeness (QED) is 0.193. The first-order valence-electron chi connectivity index (χ1n) is 11.8. The normalized spacial score (nSPS) is 11.9. The fraction of sp³-hybridized carbons (Fsp3) is 0.333. The van der Waals surface area contributed by atoms with Gasteiger partial charge in [0.25, 0.3) is 5.91 Å². The summed E-state index contributed by atoms with van der Waals surface area (Å²) in [4.78, 5) is 12.5. The monoisotopic (exact) mass is 506 g/mol. The van der Waals surface area contributed by atoms with Crippen molar-refractivity contribution in [3.05, 3.63) is 64.2 Å². The highest BCUT2D eigenvalue weighted by Gasteiger charge is 2.13. The average Bonchev–Trinajstić information content (AvgIpc) is 3.37. The molecule has 0 aliphatic carbocycles. The number of hydrogen-bond acceptors (Lipinski definition) is 8. The standard InChI is InChI=1S/C27H30N4O4S/c1-5-18(3)20-8-10-22(11-9-20)34-13-14-35-23-12-7-19(16-24(23)33-4)15-21(17-28)26(32)29-27-31-30-25(6-2)36-27/h7-12,15-16,18H,5-6,13-14H2,1-4H3,(H,29,31,32). The first kappa shape index (κ1) is 26.7. The minimum Gasteiger partial charge on any atom is -0.493 e. The van der Waals surface area contributed by atoms with Gasteiger partial charge in [-0.2, -0.15) is 5.26 Å². The van der Waals surface area contributed by atoms with Gasteiger partial charge in [-0.1, -0.05) is 50.3 Å². The molecule has 188 valence electrons. The van der Waals surface area contributed by atoms with Crippen LogP contribution in [0.3, 0.4) is 0 Å². The number of nitrogens with zero attached hydrogens (tertiary/aromatic N) is 3. The van der Waals surface area contributed by atoms with Crippen molar-refractivity contribution in [2.24, 2.45) is 0 Å². The van der Waals surface area contributed by atoms with Crippen molar-refractivity contribution in [2.75, 3.05) is 25.6 Å². The molecule has 1 heterocycles. The number of carbonyl (C=O) groups excluding carboxylic acids is 1. The molecule has 0 bridgehead atoms. The molecule has 0 saturated heterocycles. The summed E-state index contributed by atoms with van der Waals surface area (Å²) in [6.45, 7) is 7.03. The van der Waals surface area contributed by atoms with Crippen molar-refractivity contribution in [3.63, 3.8) is 0 Å². The zero-order valence-corrected chi connectivity index (χ0v) is 21.7. The lowest BCUT2D eigenvalue weighted by Gasteiger charge is -2.13. The zero-order chi connectivity index (χ0) is 25.9. The molecule has 0 fully saturated rings. The van der Waals surface area contributed by atoms with Crippen LogP contribution in [-0.4, -0.2) is 36.4 Å². The van der Waals surface area contributed by atoms with Crippen LogP contribution >= 0.6 is 11.3 Å². The Bertz CT molecular complexity index is 1230. The summed E-state index contributed by atoms with van der Waals surface area (Å²) in [6.07, 6.45) is 3.30. The zero-order valence-electron chi connectivity index (χ0n) is 20.9. The van der Waals surface area contributed by atoms with Gasteiger partial charge in [0, 0.05) is 0 Å². The SMILES string of the molecule is CCc1nnc(NC(=O)C(C#N)=Cc2ccc(OCCOc3ccc(C(C)CC)cc3)c(OC)c2)s1. The molecule has 1 N–H and O–H groups in total. The predicted octanol–water partition coefficient (Wildman–Crippen LogP) is 5.63. The molecule has 36 heavy (non-hydrogen) atoms. The van der Waals surface area contributed by atoms with Crippen molar-refractivity contribution >= 4 is 28.5 Å². The Kier molecular flexibility index (Phi) is 9.83. The van der Waals surface area contributed by atoms with Crippen LogP contribution in [0.25, 0.3) is 6.08 Å². The molecule has 0 aliphatic heterocycles. The summed E-state index contributed by atoms with van der Waals surface area (Å²) in [5.41, 5.74) is 1.85. The number of ether oxygens (including phenoxy) is 3. The Morgan fingerprint density at radius 1 is 1.11 bits per heavy atom. The van der Waals surface area contributed by atoms with Gasteiger partial charge >= 0.3 is 0 Å². The van der Waals surface area contributed by atoms with E-state index in [1.165, 1.54) is 30.1 Å². The van der Waals surface area contributed by atoms with Gasteiger partial charge in [0.2, 0.25) is 5.13 Å². The van der Waals surface area contributed by atoms with E-state index in [4.69, 9.17) is 14.2 Å². The smallest absolute Gasteiger partial charge is 0.268 e. The van der Waals surface area contributed by atoms with Crippen molar-refractivity contribution in [1.82, 2.24) is 10.2 Å². The second-order valence-corrected chi connectivity index (χ2v) is 9.03. The molecule has 1 aromatic heterocycles. The summed E-state index contributed by atoms with van der Waals surface area (Å²) in [6, 6.07) is 15.2. The Hall–Kier alpha value is -3.90. The number of hydrogen-bond donors (Lipinski definition) is 1. The van der Waals surface area contributed by atoms with Crippen LogP contribution in [0.2, 0.25) is 0 Å². The van der Waals surface area contributed by atoms with Gasteiger partial charge in [-0.3, -0.25) is 10.1 Å². The number of benzene rings is 2. The molecule has 1 unspecified atom stereocenters. The molecule has 8 nitrogen and oxygen atoms in total. The first-order valence-corrected chi connectivity index (χ1v) is 12.6. The first-order chi connectivity index (χ1) is 17.5. The number of aryl methyl sites for hydroxylation is 1. The Balaban J connectivity index is 1.58. The number of amides is 1. The maximum atomic E-state index is 12.5. The van der Waals surface area contributed by atoms with E-state index in [2.05, 4.69) is 41.5 Å². The maximum absolute atomic E-state index is 12.5. The minimum atomic E-state index is -0.551. The minimum absolute atomic E-state index is 0.0632. The van der Waals surface area contributed by atoms with Crippen LogP contribution in [0.5, 0.6) is 17.2 Å². The van der Waals surface area contributed by atoms with Crippen molar-refractivity contribution in [1.29, 1.82) is 5.26 Å². The molecular weight excluding hydrogens is 476 g/mol. The molecular formula is C27H30N4O4S. The molecule has 0 spiro atoms. The fourth-order valence-corrected chi connectivity index (χ4v) is 3.93. The number of nitrogens with one attached hydrogen (secondary N) is 1. The third kappa shape index (κ3) is 7.30.